The number of hydrogen-bond acceptors (Lipinski definition) is 5. The van der Waals surface area contributed by atoms with Crippen LogP contribution < -0.4 is 9.80 Å². The number of aryl methyl sites for hydroxylation is 1. The molecule has 0 radical (unpaired) electrons. The van der Waals surface area contributed by atoms with Crippen molar-refractivity contribution in [2.45, 2.75) is 27.7 Å². The summed E-state index contributed by atoms with van der Waals surface area (Å²) in [7, 11) is 0. The molecule has 1 saturated heterocycles. The lowest BCUT2D eigenvalue weighted by Gasteiger charge is -2.37. The second-order valence-electron chi connectivity index (χ2n) is 6.93. The van der Waals surface area contributed by atoms with Gasteiger partial charge in [-0.25, -0.2) is 9.97 Å². The van der Waals surface area contributed by atoms with Crippen molar-refractivity contribution in [3.8, 4) is 0 Å². The highest BCUT2D eigenvalue weighted by atomic mass is 16.2. The Morgan fingerprint density at radius 1 is 1.07 bits per heavy atom. The number of piperazine rings is 1. The number of anilines is 2. The average molecular weight is 367 g/mol. The van der Waals surface area contributed by atoms with Crippen molar-refractivity contribution in [2.24, 2.45) is 0 Å². The van der Waals surface area contributed by atoms with Crippen molar-refractivity contribution in [2.75, 3.05) is 49.1 Å². The van der Waals surface area contributed by atoms with Crippen LogP contribution in [0.15, 0.2) is 30.6 Å². The van der Waals surface area contributed by atoms with Crippen LogP contribution in [0.5, 0.6) is 0 Å². The second-order valence-corrected chi connectivity index (χ2v) is 6.93. The minimum Gasteiger partial charge on any atom is -0.368 e. The number of amides is 1. The molecule has 0 atom stereocenters. The van der Waals surface area contributed by atoms with E-state index in [9.17, 15) is 4.79 Å². The Balaban J connectivity index is 1.68. The van der Waals surface area contributed by atoms with Gasteiger partial charge in [0.25, 0.3) is 5.91 Å². The van der Waals surface area contributed by atoms with Crippen LogP contribution in [-0.4, -0.2) is 60.0 Å². The molecule has 2 aromatic rings. The van der Waals surface area contributed by atoms with Crippen LogP contribution in [0, 0.1) is 13.8 Å². The third-order valence-electron chi connectivity index (χ3n) is 5.44. The summed E-state index contributed by atoms with van der Waals surface area (Å²) >= 11 is 0. The number of rotatable bonds is 5. The van der Waals surface area contributed by atoms with Gasteiger partial charge in [0.2, 0.25) is 0 Å². The summed E-state index contributed by atoms with van der Waals surface area (Å²) in [5.74, 6) is 0.804. The zero-order chi connectivity index (χ0) is 19.4. The average Bonchev–Trinajstić information content (AvgIpc) is 2.71. The van der Waals surface area contributed by atoms with E-state index in [1.54, 1.807) is 0 Å². The van der Waals surface area contributed by atoms with E-state index in [0.29, 0.717) is 18.8 Å². The molecule has 0 N–H and O–H groups in total. The van der Waals surface area contributed by atoms with Crippen LogP contribution in [0.25, 0.3) is 0 Å². The summed E-state index contributed by atoms with van der Waals surface area (Å²) in [5, 5.41) is 0. The Labute approximate surface area is 161 Å². The van der Waals surface area contributed by atoms with Crippen molar-refractivity contribution in [3.05, 3.63) is 47.4 Å². The predicted octanol–water partition coefficient (Wildman–Crippen LogP) is 2.90. The van der Waals surface area contributed by atoms with Gasteiger partial charge in [-0.05, 0) is 44.9 Å². The van der Waals surface area contributed by atoms with Gasteiger partial charge < -0.3 is 14.7 Å². The molecule has 0 aliphatic carbocycles. The first-order chi connectivity index (χ1) is 13.0. The van der Waals surface area contributed by atoms with Gasteiger partial charge in [-0.3, -0.25) is 4.79 Å². The SMILES string of the molecule is CCN(CC)c1cc(C(=O)N2CCN(c3cccc(C)c3C)CC2)ncn1. The van der Waals surface area contributed by atoms with Gasteiger partial charge in [-0.1, -0.05) is 12.1 Å². The lowest BCUT2D eigenvalue weighted by molar-refractivity contribution is 0.0740. The van der Waals surface area contributed by atoms with E-state index >= 15 is 0 Å². The second kappa shape index (κ2) is 8.37. The van der Waals surface area contributed by atoms with E-state index < -0.39 is 0 Å². The molecule has 1 aliphatic rings. The maximum Gasteiger partial charge on any atom is 0.272 e. The van der Waals surface area contributed by atoms with Gasteiger partial charge in [0.15, 0.2) is 0 Å². The molecule has 144 valence electrons. The van der Waals surface area contributed by atoms with Crippen LogP contribution >= 0.6 is 0 Å². The highest BCUT2D eigenvalue weighted by molar-refractivity contribution is 5.93. The Morgan fingerprint density at radius 3 is 2.44 bits per heavy atom. The number of hydrogen-bond donors (Lipinski definition) is 0. The quantitative estimate of drug-likeness (QED) is 0.813. The van der Waals surface area contributed by atoms with Crippen LogP contribution in [0.4, 0.5) is 11.5 Å². The third kappa shape index (κ3) is 4.04. The van der Waals surface area contributed by atoms with Crippen molar-refractivity contribution in [1.29, 1.82) is 0 Å². The Hall–Kier alpha value is -2.63. The van der Waals surface area contributed by atoms with Gasteiger partial charge in [0, 0.05) is 51.0 Å². The first-order valence-electron chi connectivity index (χ1n) is 9.72. The van der Waals surface area contributed by atoms with Gasteiger partial charge in [0.05, 0.1) is 0 Å². The van der Waals surface area contributed by atoms with Crippen LogP contribution in [-0.2, 0) is 0 Å². The van der Waals surface area contributed by atoms with Crippen molar-refractivity contribution in [1.82, 2.24) is 14.9 Å². The van der Waals surface area contributed by atoms with E-state index in [1.807, 2.05) is 11.0 Å². The summed E-state index contributed by atoms with van der Waals surface area (Å²) in [6, 6.07) is 8.22. The Morgan fingerprint density at radius 2 is 1.78 bits per heavy atom. The molecule has 1 amide bonds. The van der Waals surface area contributed by atoms with Crippen LogP contribution in [0.3, 0.4) is 0 Å². The first-order valence-corrected chi connectivity index (χ1v) is 9.72. The standard InChI is InChI=1S/C21H29N5O/c1-5-24(6-2)20-14-18(22-15-23-20)21(27)26-12-10-25(11-13-26)19-9-7-8-16(3)17(19)4/h7-9,14-15H,5-6,10-13H2,1-4H3. The molecule has 0 spiro atoms. The Kier molecular flexibility index (Phi) is 5.94. The van der Waals surface area contributed by atoms with Gasteiger partial charge in [0.1, 0.15) is 17.8 Å². The summed E-state index contributed by atoms with van der Waals surface area (Å²) in [6.45, 7) is 13.3. The van der Waals surface area contributed by atoms with E-state index in [4.69, 9.17) is 0 Å². The van der Waals surface area contributed by atoms with Gasteiger partial charge >= 0.3 is 0 Å². The van der Waals surface area contributed by atoms with E-state index in [2.05, 4.69) is 65.7 Å². The summed E-state index contributed by atoms with van der Waals surface area (Å²) < 4.78 is 0. The van der Waals surface area contributed by atoms with E-state index in [0.717, 1.165) is 32.0 Å². The maximum absolute atomic E-state index is 12.9. The molecule has 0 saturated carbocycles. The maximum atomic E-state index is 12.9. The number of benzene rings is 1. The van der Waals surface area contributed by atoms with Crippen molar-refractivity contribution >= 4 is 17.4 Å². The lowest BCUT2D eigenvalue weighted by Crippen LogP contribution is -2.49. The predicted molar refractivity (Wildman–Crippen MR) is 110 cm³/mol. The first kappa shape index (κ1) is 19.1. The normalized spacial score (nSPS) is 14.4. The fourth-order valence-corrected chi connectivity index (χ4v) is 3.58. The zero-order valence-electron chi connectivity index (χ0n) is 16.8. The minimum atomic E-state index is -0.00794. The topological polar surface area (TPSA) is 52.6 Å². The molecule has 1 aromatic carbocycles. The lowest BCUT2D eigenvalue weighted by atomic mass is 10.1. The molecule has 3 rings (SSSR count). The van der Waals surface area contributed by atoms with E-state index in [1.165, 1.54) is 23.1 Å². The largest absolute Gasteiger partial charge is 0.368 e. The fourth-order valence-electron chi connectivity index (χ4n) is 3.58. The summed E-state index contributed by atoms with van der Waals surface area (Å²) in [6.07, 6.45) is 1.49. The smallest absolute Gasteiger partial charge is 0.272 e. The van der Waals surface area contributed by atoms with E-state index in [-0.39, 0.29) is 5.91 Å². The minimum absolute atomic E-state index is 0.00794. The molecule has 0 bridgehead atoms. The molecule has 6 nitrogen and oxygen atoms in total. The van der Waals surface area contributed by atoms with Gasteiger partial charge in [-0.2, -0.15) is 0 Å². The Bertz CT molecular complexity index is 795. The molecular formula is C21H29N5O. The highest BCUT2D eigenvalue weighted by Crippen LogP contribution is 2.24. The van der Waals surface area contributed by atoms with Crippen molar-refractivity contribution < 1.29 is 4.79 Å². The zero-order valence-corrected chi connectivity index (χ0v) is 16.8. The fraction of sp³-hybridized carbons (Fsp3) is 0.476. The molecule has 1 aliphatic heterocycles. The molecule has 1 aromatic heterocycles. The van der Waals surface area contributed by atoms with Crippen LogP contribution in [0.2, 0.25) is 0 Å². The molecule has 0 unspecified atom stereocenters. The number of carbonyl (C=O) groups excluding carboxylic acids is 1. The molecule has 1 fully saturated rings. The molecule has 2 heterocycles. The molecular weight excluding hydrogens is 338 g/mol. The molecule has 6 heteroatoms. The number of aromatic nitrogens is 2. The molecule has 27 heavy (non-hydrogen) atoms. The summed E-state index contributed by atoms with van der Waals surface area (Å²) in [5.41, 5.74) is 4.37. The summed E-state index contributed by atoms with van der Waals surface area (Å²) in [4.78, 5) is 27.8. The van der Waals surface area contributed by atoms with Gasteiger partial charge in [-0.15, -0.1) is 0 Å². The van der Waals surface area contributed by atoms with Crippen LogP contribution in [0.1, 0.15) is 35.5 Å². The van der Waals surface area contributed by atoms with Crippen molar-refractivity contribution in [3.63, 3.8) is 0 Å². The number of carbonyl (C=O) groups is 1. The number of nitrogens with zero attached hydrogens (tertiary/aromatic N) is 5. The third-order valence-corrected chi connectivity index (χ3v) is 5.44. The highest BCUT2D eigenvalue weighted by Gasteiger charge is 2.24. The monoisotopic (exact) mass is 367 g/mol.